The molecule has 3 heteroatoms. The first-order chi connectivity index (χ1) is 8.72. The van der Waals surface area contributed by atoms with E-state index in [2.05, 4.69) is 12.6 Å². The highest BCUT2D eigenvalue weighted by Gasteiger charge is 2.12. The molecule has 0 radical (unpaired) electrons. The molecule has 0 saturated carbocycles. The quantitative estimate of drug-likeness (QED) is 0.343. The van der Waals surface area contributed by atoms with Crippen molar-refractivity contribution in [3.8, 4) is 6.07 Å². The molecule has 0 N–H and O–H groups in total. The van der Waals surface area contributed by atoms with Gasteiger partial charge in [-0.3, -0.25) is 0 Å². The molecule has 3 nitrogen and oxygen atoms in total. The van der Waals surface area contributed by atoms with Crippen molar-refractivity contribution in [3.05, 3.63) is 54.3 Å². The Morgan fingerprint density at radius 2 is 2.11 bits per heavy atom. The van der Waals surface area contributed by atoms with E-state index in [1.54, 1.807) is 0 Å². The van der Waals surface area contributed by atoms with Crippen molar-refractivity contribution in [2.75, 3.05) is 0 Å². The van der Waals surface area contributed by atoms with Gasteiger partial charge in [-0.25, -0.2) is 4.79 Å². The highest BCUT2D eigenvalue weighted by Crippen LogP contribution is 2.22. The fourth-order valence-electron chi connectivity index (χ4n) is 1.51. The molecule has 0 amide bonds. The van der Waals surface area contributed by atoms with Gasteiger partial charge in [-0.15, -0.1) is 0 Å². The number of carbonyl (C=O) groups is 1. The maximum Gasteiger partial charge on any atom is 0.335 e. The van der Waals surface area contributed by atoms with Gasteiger partial charge >= 0.3 is 5.97 Å². The van der Waals surface area contributed by atoms with Crippen molar-refractivity contribution in [2.24, 2.45) is 0 Å². The van der Waals surface area contributed by atoms with Crippen LogP contribution >= 0.6 is 0 Å². The van der Waals surface area contributed by atoms with E-state index in [-0.39, 0.29) is 0 Å². The minimum absolute atomic E-state index is 0.396. The van der Waals surface area contributed by atoms with Crippen LogP contribution in [0, 0.1) is 11.3 Å². The fraction of sp³-hybridized carbons (Fsp3) is 0.200. The van der Waals surface area contributed by atoms with Crippen molar-refractivity contribution in [3.63, 3.8) is 0 Å². The highest BCUT2D eigenvalue weighted by molar-refractivity contribution is 5.85. The Labute approximate surface area is 107 Å². The molecule has 0 saturated heterocycles. The molecule has 0 unspecified atom stereocenters. The SMILES string of the molecule is C=CC(=O)O/C(CCC)=C(\C#N)c1ccccc1. The molecule has 0 fully saturated rings. The van der Waals surface area contributed by atoms with Gasteiger partial charge in [-0.2, -0.15) is 5.26 Å². The van der Waals surface area contributed by atoms with Crippen molar-refractivity contribution >= 4 is 11.5 Å². The summed E-state index contributed by atoms with van der Waals surface area (Å²) >= 11 is 0. The van der Waals surface area contributed by atoms with Gasteiger partial charge in [0.2, 0.25) is 0 Å². The summed E-state index contributed by atoms with van der Waals surface area (Å²) in [6.07, 6.45) is 2.42. The van der Waals surface area contributed by atoms with E-state index >= 15 is 0 Å². The summed E-state index contributed by atoms with van der Waals surface area (Å²) in [5.74, 6) is -0.141. The summed E-state index contributed by atoms with van der Waals surface area (Å²) in [6.45, 7) is 5.31. The predicted molar refractivity (Wildman–Crippen MR) is 70.2 cm³/mol. The van der Waals surface area contributed by atoms with Crippen molar-refractivity contribution < 1.29 is 9.53 Å². The van der Waals surface area contributed by atoms with Crippen molar-refractivity contribution in [1.29, 1.82) is 5.26 Å². The maximum absolute atomic E-state index is 11.3. The van der Waals surface area contributed by atoms with E-state index in [0.29, 0.717) is 17.8 Å². The molecule has 1 aromatic carbocycles. The number of rotatable bonds is 5. The third-order valence-electron chi connectivity index (χ3n) is 2.32. The van der Waals surface area contributed by atoms with Gasteiger partial charge in [-0.1, -0.05) is 43.8 Å². The molecule has 0 aliphatic rings. The van der Waals surface area contributed by atoms with Crippen LogP contribution in [0.4, 0.5) is 0 Å². The summed E-state index contributed by atoms with van der Waals surface area (Å²) in [5.41, 5.74) is 1.15. The zero-order chi connectivity index (χ0) is 13.4. The lowest BCUT2D eigenvalue weighted by Gasteiger charge is -2.09. The van der Waals surface area contributed by atoms with E-state index in [1.165, 1.54) is 0 Å². The minimum Gasteiger partial charge on any atom is -0.426 e. The average Bonchev–Trinajstić information content (AvgIpc) is 2.41. The topological polar surface area (TPSA) is 50.1 Å². The van der Waals surface area contributed by atoms with E-state index in [4.69, 9.17) is 4.74 Å². The standard InChI is InChI=1S/C15H15NO2/c1-3-8-14(18-15(17)4-2)13(11-16)12-9-6-5-7-10-12/h4-7,9-10H,2-3,8H2,1H3/b14-13+. The van der Waals surface area contributed by atoms with Gasteiger partial charge in [-0.05, 0) is 12.0 Å². The van der Waals surface area contributed by atoms with Crippen LogP contribution in [0.25, 0.3) is 5.57 Å². The molecule has 0 bridgehead atoms. The monoisotopic (exact) mass is 241 g/mol. The number of nitriles is 1. The Morgan fingerprint density at radius 1 is 1.44 bits per heavy atom. The third-order valence-corrected chi connectivity index (χ3v) is 2.32. The first-order valence-electron chi connectivity index (χ1n) is 5.75. The molecule has 0 aromatic heterocycles. The lowest BCUT2D eigenvalue weighted by molar-refractivity contribution is -0.133. The summed E-state index contributed by atoms with van der Waals surface area (Å²) in [4.78, 5) is 11.3. The average molecular weight is 241 g/mol. The smallest absolute Gasteiger partial charge is 0.335 e. The van der Waals surface area contributed by atoms with Crippen LogP contribution in [0.2, 0.25) is 0 Å². The van der Waals surface area contributed by atoms with Crippen LogP contribution in [0.5, 0.6) is 0 Å². The fourth-order valence-corrected chi connectivity index (χ4v) is 1.51. The number of hydrogen-bond acceptors (Lipinski definition) is 3. The van der Waals surface area contributed by atoms with E-state index in [1.807, 2.05) is 37.3 Å². The number of carbonyl (C=O) groups excluding carboxylic acids is 1. The van der Waals surface area contributed by atoms with Gasteiger partial charge in [0.1, 0.15) is 11.8 Å². The van der Waals surface area contributed by atoms with Crippen molar-refractivity contribution in [1.82, 2.24) is 0 Å². The molecular formula is C15H15NO2. The van der Waals surface area contributed by atoms with Crippen LogP contribution in [0.15, 0.2) is 48.7 Å². The minimum atomic E-state index is -0.540. The lowest BCUT2D eigenvalue weighted by atomic mass is 10.0. The predicted octanol–water partition coefficient (Wildman–Crippen LogP) is 3.45. The Kier molecular flexibility index (Phi) is 5.40. The number of hydrogen-bond donors (Lipinski definition) is 0. The van der Waals surface area contributed by atoms with Crippen molar-refractivity contribution in [2.45, 2.75) is 19.8 Å². The van der Waals surface area contributed by atoms with E-state index < -0.39 is 5.97 Å². The summed E-state index contributed by atoms with van der Waals surface area (Å²) in [5, 5.41) is 9.24. The van der Waals surface area contributed by atoms with Crippen LogP contribution in [-0.4, -0.2) is 5.97 Å². The summed E-state index contributed by atoms with van der Waals surface area (Å²) in [7, 11) is 0. The van der Waals surface area contributed by atoms with Crippen LogP contribution < -0.4 is 0 Å². The Hall–Kier alpha value is -2.34. The second kappa shape index (κ2) is 7.08. The molecule has 0 heterocycles. The van der Waals surface area contributed by atoms with Crippen LogP contribution in [-0.2, 0) is 9.53 Å². The van der Waals surface area contributed by atoms with Gasteiger partial charge < -0.3 is 4.74 Å². The largest absolute Gasteiger partial charge is 0.426 e. The second-order valence-electron chi connectivity index (χ2n) is 3.65. The normalized spacial score (nSPS) is 11.1. The maximum atomic E-state index is 11.3. The summed E-state index contributed by atoms with van der Waals surface area (Å²) in [6, 6.07) is 11.3. The zero-order valence-electron chi connectivity index (χ0n) is 10.3. The molecule has 1 rings (SSSR count). The van der Waals surface area contributed by atoms with E-state index in [0.717, 1.165) is 18.1 Å². The molecule has 18 heavy (non-hydrogen) atoms. The third kappa shape index (κ3) is 3.60. The molecule has 0 aliphatic heterocycles. The second-order valence-corrected chi connectivity index (χ2v) is 3.65. The Bertz CT molecular complexity index is 495. The molecule has 1 aromatic rings. The number of benzene rings is 1. The van der Waals surface area contributed by atoms with E-state index in [9.17, 15) is 10.1 Å². The van der Waals surface area contributed by atoms with Gasteiger partial charge in [0.15, 0.2) is 0 Å². The molecular weight excluding hydrogens is 226 g/mol. The van der Waals surface area contributed by atoms with Gasteiger partial charge in [0.25, 0.3) is 0 Å². The number of esters is 1. The highest BCUT2D eigenvalue weighted by atomic mass is 16.5. The Balaban J connectivity index is 3.18. The van der Waals surface area contributed by atoms with Crippen LogP contribution in [0.1, 0.15) is 25.3 Å². The van der Waals surface area contributed by atoms with Gasteiger partial charge in [0.05, 0.1) is 5.57 Å². The summed E-state index contributed by atoms with van der Waals surface area (Å²) < 4.78 is 5.15. The molecule has 0 spiro atoms. The molecule has 92 valence electrons. The zero-order valence-corrected chi connectivity index (χ0v) is 10.3. The number of allylic oxidation sites excluding steroid dienone is 2. The van der Waals surface area contributed by atoms with Gasteiger partial charge in [0, 0.05) is 12.5 Å². The first kappa shape index (κ1) is 13.7. The number of ether oxygens (including phenoxy) is 1. The lowest BCUT2D eigenvalue weighted by Crippen LogP contribution is -2.03. The Morgan fingerprint density at radius 3 is 2.61 bits per heavy atom. The number of nitrogens with zero attached hydrogens (tertiary/aromatic N) is 1. The molecule has 0 aliphatic carbocycles. The first-order valence-corrected chi connectivity index (χ1v) is 5.75. The molecule has 0 atom stereocenters. The van der Waals surface area contributed by atoms with Crippen LogP contribution in [0.3, 0.4) is 0 Å².